The van der Waals surface area contributed by atoms with E-state index in [1.807, 2.05) is 0 Å². The second-order valence-electron chi connectivity index (χ2n) is 2.76. The summed E-state index contributed by atoms with van der Waals surface area (Å²) in [5.74, 6) is -1.34. The smallest absolute Gasteiger partial charge is 0.338 e. The van der Waals surface area contributed by atoms with Gasteiger partial charge in [-0.1, -0.05) is 18.2 Å². The van der Waals surface area contributed by atoms with Crippen LogP contribution in [0.25, 0.3) is 0 Å². The lowest BCUT2D eigenvalue weighted by Crippen LogP contribution is -2.14. The lowest BCUT2D eigenvalue weighted by atomic mass is 10.2. The summed E-state index contributed by atoms with van der Waals surface area (Å²) >= 11 is 0. The van der Waals surface area contributed by atoms with Gasteiger partial charge in [0.2, 0.25) is 0 Å². The first-order valence-corrected chi connectivity index (χ1v) is 5.72. The van der Waals surface area contributed by atoms with Crippen molar-refractivity contribution in [2.45, 2.75) is 0 Å². The van der Waals surface area contributed by atoms with Crippen LogP contribution in [-0.2, 0) is 14.9 Å². The van der Waals surface area contributed by atoms with Crippen molar-refractivity contribution >= 4 is 16.1 Å². The van der Waals surface area contributed by atoms with Crippen molar-refractivity contribution in [2.24, 2.45) is 0 Å². The Bertz CT molecular complexity index is 423. The predicted molar refractivity (Wildman–Crippen MR) is 51.3 cm³/mol. The fourth-order valence-electron chi connectivity index (χ4n) is 0.894. The number of carbonyl (C=O) groups excluding carboxylic acids is 1. The van der Waals surface area contributed by atoms with Crippen molar-refractivity contribution in [1.82, 2.24) is 0 Å². The van der Waals surface area contributed by atoms with Gasteiger partial charge in [0.15, 0.2) is 0 Å². The van der Waals surface area contributed by atoms with Gasteiger partial charge in [-0.15, -0.1) is 0 Å². The second kappa shape index (κ2) is 4.90. The summed E-state index contributed by atoms with van der Waals surface area (Å²) in [5.41, 5.74) is 0.320. The van der Waals surface area contributed by atoms with E-state index in [1.54, 1.807) is 18.2 Å². The van der Waals surface area contributed by atoms with E-state index in [1.165, 1.54) is 12.1 Å². The molecule has 0 atom stereocenters. The Hall–Kier alpha value is -1.40. The van der Waals surface area contributed by atoms with Gasteiger partial charge >= 0.3 is 5.97 Å². The van der Waals surface area contributed by atoms with Crippen molar-refractivity contribution < 1.29 is 22.5 Å². The molecule has 0 unspecified atom stereocenters. The molecule has 0 saturated heterocycles. The van der Waals surface area contributed by atoms with Crippen molar-refractivity contribution in [3.8, 4) is 0 Å². The van der Waals surface area contributed by atoms with E-state index in [-0.39, 0.29) is 0 Å². The maximum absolute atomic E-state index is 11.2. The summed E-state index contributed by atoms with van der Waals surface area (Å²) < 4.78 is 35.2. The SMILES string of the molecule is O=C(OCCS(=O)(=O)[O-])c1ccccc1. The van der Waals surface area contributed by atoms with Crippen molar-refractivity contribution in [3.63, 3.8) is 0 Å². The van der Waals surface area contributed by atoms with Gasteiger partial charge in [0.05, 0.1) is 21.4 Å². The van der Waals surface area contributed by atoms with Gasteiger partial charge in [0.25, 0.3) is 0 Å². The zero-order chi connectivity index (χ0) is 11.3. The number of rotatable bonds is 4. The molecule has 0 bridgehead atoms. The first kappa shape index (κ1) is 11.7. The Kier molecular flexibility index (Phi) is 3.81. The molecule has 0 aliphatic heterocycles. The van der Waals surface area contributed by atoms with Crippen LogP contribution in [0.2, 0.25) is 0 Å². The predicted octanol–water partition coefficient (Wildman–Crippen LogP) is 0.389. The number of benzene rings is 1. The summed E-state index contributed by atoms with van der Waals surface area (Å²) in [7, 11) is -4.33. The first-order valence-electron chi connectivity index (χ1n) is 4.15. The van der Waals surface area contributed by atoms with Gasteiger partial charge in [-0.3, -0.25) is 0 Å². The zero-order valence-electron chi connectivity index (χ0n) is 7.75. The van der Waals surface area contributed by atoms with E-state index in [0.717, 1.165) is 0 Å². The Morgan fingerprint density at radius 2 is 1.87 bits per heavy atom. The fourth-order valence-corrected chi connectivity index (χ4v) is 1.18. The third-order valence-electron chi connectivity index (χ3n) is 1.58. The standard InChI is InChI=1S/C9H10O5S/c10-9(8-4-2-1-3-5-8)14-6-7-15(11,12)13/h1-5H,6-7H2,(H,11,12,13)/p-1. The minimum absolute atomic E-state index is 0.320. The van der Waals surface area contributed by atoms with Crippen LogP contribution in [0.3, 0.4) is 0 Å². The van der Waals surface area contributed by atoms with Crippen LogP contribution in [-0.4, -0.2) is 31.3 Å². The Balaban J connectivity index is 2.45. The number of ether oxygens (including phenoxy) is 1. The summed E-state index contributed by atoms with van der Waals surface area (Å²) in [5, 5.41) is 0. The third-order valence-corrected chi connectivity index (χ3v) is 2.24. The molecular weight excluding hydrogens is 220 g/mol. The molecule has 1 aromatic carbocycles. The third kappa shape index (κ3) is 4.57. The van der Waals surface area contributed by atoms with E-state index in [2.05, 4.69) is 4.74 Å². The molecule has 0 spiro atoms. The molecule has 1 aromatic rings. The highest BCUT2D eigenvalue weighted by Crippen LogP contribution is 2.00. The molecule has 0 aliphatic rings. The molecule has 0 heterocycles. The van der Waals surface area contributed by atoms with E-state index >= 15 is 0 Å². The Labute approximate surface area is 87.4 Å². The number of carbonyl (C=O) groups is 1. The summed E-state index contributed by atoms with van der Waals surface area (Å²) in [6, 6.07) is 8.11. The maximum atomic E-state index is 11.2. The molecular formula is C9H9O5S-. The second-order valence-corrected chi connectivity index (χ2v) is 4.29. The number of esters is 1. The summed E-state index contributed by atoms with van der Waals surface area (Å²) in [6.45, 7) is -0.417. The quantitative estimate of drug-likeness (QED) is 0.550. The van der Waals surface area contributed by atoms with Gasteiger partial charge in [-0.05, 0) is 12.1 Å². The molecule has 0 N–H and O–H groups in total. The molecule has 1 rings (SSSR count). The molecule has 0 aliphatic carbocycles. The van der Waals surface area contributed by atoms with Crippen LogP contribution < -0.4 is 0 Å². The van der Waals surface area contributed by atoms with Crippen LogP contribution in [0.1, 0.15) is 10.4 Å². The summed E-state index contributed by atoms with van der Waals surface area (Å²) in [6.07, 6.45) is 0. The van der Waals surface area contributed by atoms with Crippen LogP contribution in [0.15, 0.2) is 30.3 Å². The Morgan fingerprint density at radius 3 is 2.40 bits per heavy atom. The van der Waals surface area contributed by atoms with Gasteiger partial charge in [-0.25, -0.2) is 13.2 Å². The van der Waals surface area contributed by atoms with Gasteiger partial charge in [0.1, 0.15) is 6.61 Å². The van der Waals surface area contributed by atoms with Crippen LogP contribution in [0.4, 0.5) is 0 Å². The molecule has 0 fully saturated rings. The van der Waals surface area contributed by atoms with Crippen molar-refractivity contribution in [3.05, 3.63) is 35.9 Å². The topological polar surface area (TPSA) is 83.5 Å². The minimum atomic E-state index is -4.33. The molecule has 0 aromatic heterocycles. The molecule has 0 radical (unpaired) electrons. The highest BCUT2D eigenvalue weighted by Gasteiger charge is 2.06. The average molecular weight is 229 g/mol. The zero-order valence-corrected chi connectivity index (χ0v) is 8.57. The monoisotopic (exact) mass is 229 g/mol. The van der Waals surface area contributed by atoms with Gasteiger partial charge in [-0.2, -0.15) is 0 Å². The molecule has 6 heteroatoms. The van der Waals surface area contributed by atoms with E-state index in [9.17, 15) is 17.8 Å². The van der Waals surface area contributed by atoms with Crippen molar-refractivity contribution in [2.75, 3.05) is 12.4 Å². The first-order chi connectivity index (χ1) is 6.99. The largest absolute Gasteiger partial charge is 0.748 e. The van der Waals surface area contributed by atoms with Gasteiger partial charge < -0.3 is 9.29 Å². The fraction of sp³-hybridized carbons (Fsp3) is 0.222. The van der Waals surface area contributed by atoms with Crippen LogP contribution >= 0.6 is 0 Å². The maximum Gasteiger partial charge on any atom is 0.338 e. The van der Waals surface area contributed by atoms with Crippen molar-refractivity contribution in [1.29, 1.82) is 0 Å². The van der Waals surface area contributed by atoms with Crippen LogP contribution in [0, 0.1) is 0 Å². The lowest BCUT2D eigenvalue weighted by Gasteiger charge is -2.07. The molecule has 5 nitrogen and oxygen atoms in total. The molecule has 82 valence electrons. The molecule has 0 amide bonds. The number of hydrogen-bond acceptors (Lipinski definition) is 5. The average Bonchev–Trinajstić information content (AvgIpc) is 2.17. The Morgan fingerprint density at radius 1 is 1.27 bits per heavy atom. The van der Waals surface area contributed by atoms with E-state index in [0.29, 0.717) is 5.56 Å². The molecule has 0 saturated carbocycles. The highest BCUT2D eigenvalue weighted by atomic mass is 32.2. The van der Waals surface area contributed by atoms with E-state index in [4.69, 9.17) is 0 Å². The lowest BCUT2D eigenvalue weighted by molar-refractivity contribution is 0.0528. The van der Waals surface area contributed by atoms with Gasteiger partial charge in [0, 0.05) is 0 Å². The normalized spacial score (nSPS) is 11.0. The minimum Gasteiger partial charge on any atom is -0.748 e. The van der Waals surface area contributed by atoms with Crippen LogP contribution in [0.5, 0.6) is 0 Å². The highest BCUT2D eigenvalue weighted by molar-refractivity contribution is 7.85. The number of hydrogen-bond donors (Lipinski definition) is 0. The van der Waals surface area contributed by atoms with E-state index < -0.39 is 28.4 Å². The summed E-state index contributed by atoms with van der Waals surface area (Å²) in [4.78, 5) is 11.2. The molecule has 15 heavy (non-hydrogen) atoms.